The van der Waals surface area contributed by atoms with Crippen molar-refractivity contribution in [2.75, 3.05) is 4.90 Å². The summed E-state index contributed by atoms with van der Waals surface area (Å²) in [7, 11) is 0. The minimum absolute atomic E-state index is 0.0388. The molecule has 4 heteroatoms. The van der Waals surface area contributed by atoms with Gasteiger partial charge in [-0.1, -0.05) is 60.1 Å². The van der Waals surface area contributed by atoms with Gasteiger partial charge in [0.15, 0.2) is 0 Å². The van der Waals surface area contributed by atoms with Crippen LogP contribution in [0.5, 0.6) is 5.75 Å². The molecule has 4 rings (SSSR count). The van der Waals surface area contributed by atoms with Crippen molar-refractivity contribution in [1.29, 1.82) is 0 Å². The molecule has 3 aromatic rings. The van der Waals surface area contributed by atoms with Gasteiger partial charge in [0.2, 0.25) is 6.10 Å². The Balaban J connectivity index is 1.69. The van der Waals surface area contributed by atoms with E-state index < -0.39 is 6.10 Å². The van der Waals surface area contributed by atoms with Crippen molar-refractivity contribution >= 4 is 23.2 Å². The first-order valence-electron chi connectivity index (χ1n) is 8.51. The first-order chi connectivity index (χ1) is 12.6. The van der Waals surface area contributed by atoms with Gasteiger partial charge in [0.25, 0.3) is 5.91 Å². The number of nitrogens with zero attached hydrogens (tertiary/aromatic N) is 1. The number of halogens is 1. The number of anilines is 1. The molecule has 26 heavy (non-hydrogen) atoms. The number of para-hydroxylation sites is 1. The molecule has 0 aliphatic carbocycles. The Morgan fingerprint density at radius 3 is 2.23 bits per heavy atom. The van der Waals surface area contributed by atoms with E-state index in [9.17, 15) is 4.79 Å². The number of hydrogen-bond donors (Lipinski definition) is 0. The molecule has 0 bridgehead atoms. The van der Waals surface area contributed by atoms with Crippen molar-refractivity contribution in [2.24, 2.45) is 0 Å². The topological polar surface area (TPSA) is 29.5 Å². The largest absolute Gasteiger partial charge is 0.478 e. The normalized spacial score (nSPS) is 19.2. The van der Waals surface area contributed by atoms with Gasteiger partial charge in [-0.3, -0.25) is 9.69 Å². The minimum atomic E-state index is -0.557. The molecule has 3 nitrogen and oxygen atoms in total. The number of amides is 1. The second kappa shape index (κ2) is 6.85. The first-order valence-corrected chi connectivity index (χ1v) is 8.89. The third-order valence-electron chi connectivity index (χ3n) is 4.64. The lowest BCUT2D eigenvalue weighted by Gasteiger charge is -2.47. The van der Waals surface area contributed by atoms with Crippen LogP contribution in [-0.4, -0.2) is 12.0 Å². The SMILES string of the molecule is Cc1ccccc1N1C(=O)[C@H](Oc2ccc(Cl)cc2)[C@H]1c1ccccc1. The van der Waals surface area contributed by atoms with Crippen LogP contribution in [0.15, 0.2) is 78.9 Å². The lowest BCUT2D eigenvalue weighted by Crippen LogP contribution is -2.61. The number of carbonyl (C=O) groups is 1. The van der Waals surface area contributed by atoms with Crippen LogP contribution in [-0.2, 0) is 4.79 Å². The van der Waals surface area contributed by atoms with Gasteiger partial charge in [-0.25, -0.2) is 0 Å². The molecular weight excluding hydrogens is 346 g/mol. The Morgan fingerprint density at radius 2 is 1.54 bits per heavy atom. The van der Waals surface area contributed by atoms with E-state index >= 15 is 0 Å². The van der Waals surface area contributed by atoms with Gasteiger partial charge < -0.3 is 4.74 Å². The molecule has 3 aromatic carbocycles. The standard InChI is InChI=1S/C22H18ClNO2/c1-15-7-5-6-10-19(15)24-20(16-8-3-2-4-9-16)21(22(24)25)26-18-13-11-17(23)12-14-18/h2-14,20-21H,1H3/t20-,21-/m1/s1. The summed E-state index contributed by atoms with van der Waals surface area (Å²) in [6.07, 6.45) is -0.557. The number of ether oxygens (including phenoxy) is 1. The van der Waals surface area contributed by atoms with E-state index in [2.05, 4.69) is 0 Å². The maximum atomic E-state index is 12.9. The molecule has 2 atom stereocenters. The Labute approximate surface area is 157 Å². The Morgan fingerprint density at radius 1 is 0.885 bits per heavy atom. The fourth-order valence-corrected chi connectivity index (χ4v) is 3.44. The molecule has 0 aromatic heterocycles. The molecule has 0 radical (unpaired) electrons. The highest BCUT2D eigenvalue weighted by atomic mass is 35.5. The third kappa shape index (κ3) is 2.95. The highest BCUT2D eigenvalue weighted by Gasteiger charge is 2.51. The summed E-state index contributed by atoms with van der Waals surface area (Å²) in [5.74, 6) is 0.598. The smallest absolute Gasteiger partial charge is 0.271 e. The molecule has 0 spiro atoms. The summed E-state index contributed by atoms with van der Waals surface area (Å²) < 4.78 is 6.03. The summed E-state index contributed by atoms with van der Waals surface area (Å²) in [6, 6.07) is 24.8. The fourth-order valence-electron chi connectivity index (χ4n) is 3.31. The summed E-state index contributed by atoms with van der Waals surface area (Å²) in [5, 5.41) is 0.637. The van der Waals surface area contributed by atoms with E-state index in [0.29, 0.717) is 10.8 Å². The average molecular weight is 364 g/mol. The number of benzene rings is 3. The lowest BCUT2D eigenvalue weighted by molar-refractivity contribution is -0.135. The van der Waals surface area contributed by atoms with Crippen LogP contribution in [0.25, 0.3) is 0 Å². The van der Waals surface area contributed by atoms with Crippen molar-refractivity contribution in [3.05, 3.63) is 95.0 Å². The van der Waals surface area contributed by atoms with Crippen molar-refractivity contribution in [3.8, 4) is 5.75 Å². The number of carbonyl (C=O) groups excluding carboxylic acids is 1. The second-order valence-electron chi connectivity index (χ2n) is 6.34. The van der Waals surface area contributed by atoms with Gasteiger partial charge in [0.1, 0.15) is 11.8 Å². The number of rotatable bonds is 4. The molecule has 1 amide bonds. The summed E-state index contributed by atoms with van der Waals surface area (Å²) >= 11 is 5.94. The zero-order chi connectivity index (χ0) is 18.1. The third-order valence-corrected chi connectivity index (χ3v) is 4.89. The van der Waals surface area contributed by atoms with E-state index in [-0.39, 0.29) is 11.9 Å². The van der Waals surface area contributed by atoms with Crippen molar-refractivity contribution in [2.45, 2.75) is 19.1 Å². The molecule has 0 saturated carbocycles. The minimum Gasteiger partial charge on any atom is -0.478 e. The van der Waals surface area contributed by atoms with Crippen LogP contribution >= 0.6 is 11.6 Å². The second-order valence-corrected chi connectivity index (χ2v) is 6.78. The predicted molar refractivity (Wildman–Crippen MR) is 104 cm³/mol. The molecule has 1 aliphatic heterocycles. The van der Waals surface area contributed by atoms with Crippen molar-refractivity contribution in [3.63, 3.8) is 0 Å². The average Bonchev–Trinajstić information content (AvgIpc) is 2.67. The van der Waals surface area contributed by atoms with Crippen molar-refractivity contribution < 1.29 is 9.53 Å². The summed E-state index contributed by atoms with van der Waals surface area (Å²) in [6.45, 7) is 2.01. The van der Waals surface area contributed by atoms with Crippen LogP contribution in [0.4, 0.5) is 5.69 Å². The molecule has 1 saturated heterocycles. The quantitative estimate of drug-likeness (QED) is 0.597. The number of aryl methyl sites for hydroxylation is 1. The van der Waals surface area contributed by atoms with Gasteiger partial charge in [0.05, 0.1) is 0 Å². The maximum Gasteiger partial charge on any atom is 0.271 e. The van der Waals surface area contributed by atoms with Gasteiger partial charge in [-0.15, -0.1) is 0 Å². The zero-order valence-corrected chi connectivity index (χ0v) is 15.1. The van der Waals surface area contributed by atoms with Gasteiger partial charge in [-0.2, -0.15) is 0 Å². The first kappa shape index (κ1) is 16.7. The van der Waals surface area contributed by atoms with Gasteiger partial charge in [-0.05, 0) is 48.4 Å². The van der Waals surface area contributed by atoms with Crippen LogP contribution in [0, 0.1) is 6.92 Å². The molecular formula is C22H18ClNO2. The summed E-state index contributed by atoms with van der Waals surface area (Å²) in [4.78, 5) is 14.8. The highest BCUT2D eigenvalue weighted by Crippen LogP contribution is 2.42. The molecule has 0 unspecified atom stereocenters. The Bertz CT molecular complexity index is 924. The number of hydrogen-bond acceptors (Lipinski definition) is 2. The maximum absolute atomic E-state index is 12.9. The Kier molecular flexibility index (Phi) is 4.39. The van der Waals surface area contributed by atoms with E-state index in [1.807, 2.05) is 66.4 Å². The molecule has 1 fully saturated rings. The van der Waals surface area contributed by atoms with Crippen LogP contribution in [0.1, 0.15) is 17.2 Å². The summed E-state index contributed by atoms with van der Waals surface area (Å²) in [5.41, 5.74) is 3.03. The number of β-lactam (4-membered cyclic amide) rings is 1. The Hall–Kier alpha value is -2.78. The molecule has 0 N–H and O–H groups in total. The van der Waals surface area contributed by atoms with Gasteiger partial charge in [0, 0.05) is 10.7 Å². The van der Waals surface area contributed by atoms with E-state index in [1.54, 1.807) is 24.3 Å². The fraction of sp³-hybridized carbons (Fsp3) is 0.136. The zero-order valence-electron chi connectivity index (χ0n) is 14.3. The van der Waals surface area contributed by atoms with Crippen LogP contribution < -0.4 is 9.64 Å². The molecule has 130 valence electrons. The van der Waals surface area contributed by atoms with E-state index in [1.165, 1.54) is 0 Å². The highest BCUT2D eigenvalue weighted by molar-refractivity contribution is 6.30. The lowest BCUT2D eigenvalue weighted by atomic mass is 9.89. The van der Waals surface area contributed by atoms with Crippen molar-refractivity contribution in [1.82, 2.24) is 0 Å². The van der Waals surface area contributed by atoms with E-state index in [0.717, 1.165) is 16.8 Å². The molecule has 1 heterocycles. The van der Waals surface area contributed by atoms with E-state index in [4.69, 9.17) is 16.3 Å². The van der Waals surface area contributed by atoms with Crippen LogP contribution in [0.3, 0.4) is 0 Å². The monoisotopic (exact) mass is 363 g/mol. The van der Waals surface area contributed by atoms with Gasteiger partial charge >= 0.3 is 0 Å². The predicted octanol–water partition coefficient (Wildman–Crippen LogP) is 5.18. The molecule has 1 aliphatic rings. The van der Waals surface area contributed by atoms with Crippen LogP contribution in [0.2, 0.25) is 5.02 Å².